The first-order valence-electron chi connectivity index (χ1n) is 7.11. The molecule has 100 valence electrons. The minimum Gasteiger partial charge on any atom is -0.377 e. The van der Waals surface area contributed by atoms with Crippen LogP contribution in [0.5, 0.6) is 0 Å². The third-order valence-corrected chi connectivity index (χ3v) is 5.17. The molecule has 1 aliphatic heterocycles. The molecule has 0 bridgehead atoms. The van der Waals surface area contributed by atoms with Crippen LogP contribution in [0, 0.1) is 5.92 Å². The summed E-state index contributed by atoms with van der Waals surface area (Å²) in [6, 6.07) is 17.7. The second kappa shape index (κ2) is 4.78. The van der Waals surface area contributed by atoms with E-state index in [-0.39, 0.29) is 0 Å². The molecule has 2 aromatic rings. The quantitative estimate of drug-likeness (QED) is 0.704. The van der Waals surface area contributed by atoms with Gasteiger partial charge in [-0.25, -0.2) is 0 Å². The minimum atomic E-state index is 0.391. The largest absolute Gasteiger partial charge is 0.377 e. The van der Waals surface area contributed by atoms with Gasteiger partial charge in [0.15, 0.2) is 0 Å². The average Bonchev–Trinajstić information content (AvgIpc) is 2.97. The number of benzene rings is 2. The van der Waals surface area contributed by atoms with E-state index in [1.807, 2.05) is 0 Å². The highest BCUT2D eigenvalue weighted by molar-refractivity contribution is 9.10. The molecule has 1 heterocycles. The molecule has 2 heteroatoms. The topological polar surface area (TPSA) is 12.0 Å². The number of nitrogens with one attached hydrogen (secondary N) is 1. The van der Waals surface area contributed by atoms with Crippen molar-refractivity contribution in [2.75, 3.05) is 5.32 Å². The first kappa shape index (κ1) is 12.2. The lowest BCUT2D eigenvalue weighted by Gasteiger charge is -2.38. The molecule has 1 aliphatic carbocycles. The number of halogens is 1. The van der Waals surface area contributed by atoms with Crippen LogP contribution in [0.4, 0.5) is 5.69 Å². The fraction of sp³-hybridized carbons (Fsp3) is 0.222. The van der Waals surface area contributed by atoms with Crippen LogP contribution in [0.1, 0.15) is 29.5 Å². The van der Waals surface area contributed by atoms with Crippen molar-refractivity contribution in [2.45, 2.75) is 18.4 Å². The van der Waals surface area contributed by atoms with E-state index in [2.05, 4.69) is 81.9 Å². The van der Waals surface area contributed by atoms with Crippen molar-refractivity contribution in [1.82, 2.24) is 0 Å². The molecule has 2 aliphatic rings. The number of anilines is 1. The second-order valence-corrected chi connectivity index (χ2v) is 6.44. The molecule has 0 saturated heterocycles. The highest BCUT2D eigenvalue weighted by Gasteiger charge is 2.38. The molecule has 1 N–H and O–H groups in total. The van der Waals surface area contributed by atoms with Crippen molar-refractivity contribution in [3.63, 3.8) is 0 Å². The Balaban J connectivity index is 1.83. The Morgan fingerprint density at radius 3 is 2.70 bits per heavy atom. The maximum atomic E-state index is 3.77. The Hall–Kier alpha value is -1.54. The summed E-state index contributed by atoms with van der Waals surface area (Å²) in [5.41, 5.74) is 4.06. The van der Waals surface area contributed by atoms with Crippen molar-refractivity contribution < 1.29 is 0 Å². The molecule has 0 saturated carbocycles. The first-order chi connectivity index (χ1) is 9.84. The van der Waals surface area contributed by atoms with Gasteiger partial charge in [-0.3, -0.25) is 0 Å². The van der Waals surface area contributed by atoms with Crippen molar-refractivity contribution >= 4 is 21.6 Å². The van der Waals surface area contributed by atoms with E-state index < -0.39 is 0 Å². The normalized spacial score (nSPS) is 26.8. The van der Waals surface area contributed by atoms with Gasteiger partial charge in [0.05, 0.1) is 11.7 Å². The van der Waals surface area contributed by atoms with Crippen molar-refractivity contribution in [2.24, 2.45) is 5.92 Å². The van der Waals surface area contributed by atoms with Gasteiger partial charge in [-0.05, 0) is 45.5 Å². The Kier molecular flexibility index (Phi) is 2.92. The molecule has 0 fully saturated rings. The van der Waals surface area contributed by atoms with Gasteiger partial charge in [0.2, 0.25) is 0 Å². The van der Waals surface area contributed by atoms with Crippen LogP contribution >= 0.6 is 15.9 Å². The number of allylic oxidation sites excluding steroid dienone is 2. The Morgan fingerprint density at radius 1 is 1.00 bits per heavy atom. The zero-order valence-corrected chi connectivity index (χ0v) is 12.7. The molecule has 0 spiro atoms. The van der Waals surface area contributed by atoms with Gasteiger partial charge < -0.3 is 5.32 Å². The molecule has 2 aromatic carbocycles. The van der Waals surface area contributed by atoms with Crippen LogP contribution in [0.2, 0.25) is 0 Å². The Labute approximate surface area is 127 Å². The molecular formula is C18H16BrN. The van der Waals surface area contributed by atoms with E-state index >= 15 is 0 Å². The van der Waals surface area contributed by atoms with Gasteiger partial charge in [-0.15, -0.1) is 0 Å². The molecule has 0 amide bonds. The van der Waals surface area contributed by atoms with Crippen molar-refractivity contribution in [3.05, 3.63) is 76.3 Å². The van der Waals surface area contributed by atoms with E-state index in [0.717, 1.165) is 10.9 Å². The summed E-state index contributed by atoms with van der Waals surface area (Å²) in [4.78, 5) is 0. The predicted molar refractivity (Wildman–Crippen MR) is 86.9 cm³/mol. The van der Waals surface area contributed by atoms with Gasteiger partial charge in [-0.1, -0.05) is 54.6 Å². The van der Waals surface area contributed by atoms with Crippen LogP contribution in [0.25, 0.3) is 0 Å². The third kappa shape index (κ3) is 1.82. The summed E-state index contributed by atoms with van der Waals surface area (Å²) >= 11 is 3.69. The minimum absolute atomic E-state index is 0.391. The predicted octanol–water partition coefficient (Wildman–Crippen LogP) is 5.28. The Morgan fingerprint density at radius 2 is 1.85 bits per heavy atom. The summed E-state index contributed by atoms with van der Waals surface area (Å²) in [5, 5.41) is 3.77. The van der Waals surface area contributed by atoms with Gasteiger partial charge in [0.1, 0.15) is 0 Å². The zero-order valence-electron chi connectivity index (χ0n) is 11.1. The lowest BCUT2D eigenvalue weighted by atomic mass is 9.77. The molecule has 0 aromatic heterocycles. The van der Waals surface area contributed by atoms with Gasteiger partial charge in [0, 0.05) is 10.4 Å². The summed E-state index contributed by atoms with van der Waals surface area (Å²) in [6.45, 7) is 0. The smallest absolute Gasteiger partial charge is 0.0554 e. The summed E-state index contributed by atoms with van der Waals surface area (Å²) < 4.78 is 1.16. The van der Waals surface area contributed by atoms with Crippen molar-refractivity contribution in [3.8, 4) is 0 Å². The molecule has 0 unspecified atom stereocenters. The first-order valence-corrected chi connectivity index (χ1v) is 7.90. The van der Waals surface area contributed by atoms with Crippen molar-refractivity contribution in [1.29, 1.82) is 0 Å². The number of hydrogen-bond acceptors (Lipinski definition) is 1. The van der Waals surface area contributed by atoms with Gasteiger partial charge in [-0.2, -0.15) is 0 Å². The van der Waals surface area contributed by atoms with Crippen LogP contribution < -0.4 is 5.32 Å². The number of fused-ring (bicyclic) bond motifs is 3. The molecule has 4 rings (SSSR count). The monoisotopic (exact) mass is 325 g/mol. The van der Waals surface area contributed by atoms with Crippen LogP contribution in [-0.4, -0.2) is 0 Å². The van der Waals surface area contributed by atoms with Gasteiger partial charge in [0.25, 0.3) is 0 Å². The molecule has 20 heavy (non-hydrogen) atoms. The van der Waals surface area contributed by atoms with E-state index in [4.69, 9.17) is 0 Å². The number of rotatable bonds is 1. The fourth-order valence-electron chi connectivity index (χ4n) is 3.57. The fourth-order valence-corrected chi connectivity index (χ4v) is 4.07. The Bertz CT molecular complexity index is 662. The highest BCUT2D eigenvalue weighted by Crippen LogP contribution is 2.51. The maximum absolute atomic E-state index is 3.77. The van der Waals surface area contributed by atoms with Gasteiger partial charge >= 0.3 is 0 Å². The van der Waals surface area contributed by atoms with E-state index in [1.165, 1.54) is 16.8 Å². The molecule has 0 radical (unpaired) electrons. The summed E-state index contributed by atoms with van der Waals surface area (Å²) in [5.74, 6) is 1.16. The van der Waals surface area contributed by atoms with Crippen LogP contribution in [0.3, 0.4) is 0 Å². The molecular weight excluding hydrogens is 310 g/mol. The molecule has 3 atom stereocenters. The highest BCUT2D eigenvalue weighted by atomic mass is 79.9. The SMILES string of the molecule is Brc1cccc2c1N[C@H](c1ccccc1)[C@H]1CC=C[C@@H]21. The standard InChI is InChI=1S/C18H16BrN/c19-16-11-5-10-15-13-8-4-9-14(13)17(20-18(15)16)12-6-2-1-3-7-12/h1-8,10-11,13-14,17,20H,9H2/t13-,14+,17-/m1/s1. The molecule has 1 nitrogen and oxygen atoms in total. The second-order valence-electron chi connectivity index (χ2n) is 5.59. The average molecular weight is 326 g/mol. The van der Waals surface area contributed by atoms with Crippen LogP contribution in [-0.2, 0) is 0 Å². The zero-order chi connectivity index (χ0) is 13.5. The number of para-hydroxylation sites is 1. The lowest BCUT2D eigenvalue weighted by Crippen LogP contribution is -2.29. The summed E-state index contributed by atoms with van der Waals surface area (Å²) in [7, 11) is 0. The van der Waals surface area contributed by atoms with E-state index in [1.54, 1.807) is 0 Å². The van der Waals surface area contributed by atoms with E-state index in [0.29, 0.717) is 17.9 Å². The lowest BCUT2D eigenvalue weighted by molar-refractivity contribution is 0.425. The third-order valence-electron chi connectivity index (χ3n) is 4.50. The number of hydrogen-bond donors (Lipinski definition) is 1. The maximum Gasteiger partial charge on any atom is 0.0554 e. The van der Waals surface area contributed by atoms with Crippen LogP contribution in [0.15, 0.2) is 65.2 Å². The van der Waals surface area contributed by atoms with E-state index in [9.17, 15) is 0 Å². The summed E-state index contributed by atoms with van der Waals surface area (Å²) in [6.07, 6.45) is 5.87.